The topological polar surface area (TPSA) is 114 Å². The van der Waals surface area contributed by atoms with Crippen molar-refractivity contribution in [1.82, 2.24) is 9.55 Å². The lowest BCUT2D eigenvalue weighted by Gasteiger charge is -2.49. The molecule has 0 radical (unpaired) electrons. The van der Waals surface area contributed by atoms with Crippen molar-refractivity contribution >= 4 is 0 Å². The summed E-state index contributed by atoms with van der Waals surface area (Å²) in [5, 5.41) is 19.8. The fourth-order valence-corrected chi connectivity index (χ4v) is 2.66. The maximum atomic E-state index is 11.8. The first-order chi connectivity index (χ1) is 9.49. The zero-order chi connectivity index (χ0) is 14.5. The van der Waals surface area contributed by atoms with Crippen LogP contribution in [0.2, 0.25) is 0 Å². The summed E-state index contributed by atoms with van der Waals surface area (Å²) in [6.45, 7) is -0.442. The molecule has 0 spiro atoms. The number of aliphatic hydroxyl groups excluding tert-OH is 2. The Balaban J connectivity index is 2.08. The molecule has 2 fully saturated rings. The highest BCUT2D eigenvalue weighted by atomic mass is 16.7. The number of ether oxygens (including phenoxy) is 2. The molecule has 0 saturated carbocycles. The van der Waals surface area contributed by atoms with E-state index in [9.17, 15) is 19.8 Å². The number of nitrogens with zero attached hydrogens (tertiary/aromatic N) is 1. The van der Waals surface area contributed by atoms with Gasteiger partial charge in [-0.05, 0) is 0 Å². The number of aromatic amines is 1. The van der Waals surface area contributed by atoms with Crippen molar-refractivity contribution < 1.29 is 19.7 Å². The third-order valence-electron chi connectivity index (χ3n) is 3.84. The van der Waals surface area contributed by atoms with Crippen molar-refractivity contribution in [2.75, 3.05) is 13.2 Å². The van der Waals surface area contributed by atoms with Crippen LogP contribution in [0.1, 0.15) is 6.23 Å². The summed E-state index contributed by atoms with van der Waals surface area (Å²) in [7, 11) is 0. The van der Waals surface area contributed by atoms with Gasteiger partial charge in [0.2, 0.25) is 0 Å². The predicted octanol–water partition coefficient (Wildman–Crippen LogP) is -2.44. The number of terminal acetylenes is 1. The minimum absolute atomic E-state index is 0.0133. The molecule has 0 bridgehead atoms. The largest absolute Gasteiger partial charge is 0.393 e. The monoisotopic (exact) mass is 280 g/mol. The van der Waals surface area contributed by atoms with Gasteiger partial charge in [-0.25, -0.2) is 4.79 Å². The van der Waals surface area contributed by atoms with Crippen molar-refractivity contribution in [3.8, 4) is 12.3 Å². The molecule has 4 atom stereocenters. The van der Waals surface area contributed by atoms with Crippen LogP contribution in [0.3, 0.4) is 0 Å². The van der Waals surface area contributed by atoms with E-state index in [0.717, 1.165) is 10.6 Å². The van der Waals surface area contributed by atoms with Crippen LogP contribution >= 0.6 is 0 Å². The summed E-state index contributed by atoms with van der Waals surface area (Å²) in [5.41, 5.74) is -4.06. The first-order valence-corrected chi connectivity index (χ1v) is 5.90. The second-order valence-corrected chi connectivity index (χ2v) is 4.79. The third-order valence-corrected chi connectivity index (χ3v) is 3.84. The number of fused-ring (bicyclic) bond motifs is 1. The molecular weight excluding hydrogens is 268 g/mol. The van der Waals surface area contributed by atoms with Crippen molar-refractivity contribution in [3.63, 3.8) is 0 Å². The molecule has 20 heavy (non-hydrogen) atoms. The molecule has 0 aliphatic carbocycles. The van der Waals surface area contributed by atoms with Crippen molar-refractivity contribution in [2.45, 2.75) is 23.5 Å². The Hall–Kier alpha value is -1.92. The van der Waals surface area contributed by atoms with Crippen LogP contribution in [0.25, 0.3) is 0 Å². The summed E-state index contributed by atoms with van der Waals surface area (Å²) < 4.78 is 11.8. The predicted molar refractivity (Wildman–Crippen MR) is 64.8 cm³/mol. The average molecular weight is 280 g/mol. The lowest BCUT2D eigenvalue weighted by Crippen LogP contribution is -2.71. The number of hydrogen-bond donors (Lipinski definition) is 3. The van der Waals surface area contributed by atoms with Crippen LogP contribution in [0.4, 0.5) is 0 Å². The van der Waals surface area contributed by atoms with Crippen LogP contribution in [-0.2, 0) is 9.47 Å². The van der Waals surface area contributed by atoms with Gasteiger partial charge in [-0.1, -0.05) is 5.92 Å². The molecule has 2 aliphatic rings. The van der Waals surface area contributed by atoms with Gasteiger partial charge >= 0.3 is 5.69 Å². The maximum absolute atomic E-state index is 11.8. The Kier molecular flexibility index (Phi) is 2.64. The molecule has 2 aliphatic heterocycles. The van der Waals surface area contributed by atoms with E-state index < -0.39 is 41.4 Å². The highest BCUT2D eigenvalue weighted by Gasteiger charge is 2.73. The van der Waals surface area contributed by atoms with Crippen LogP contribution in [-0.4, -0.2) is 50.3 Å². The molecule has 8 nitrogen and oxygen atoms in total. The summed E-state index contributed by atoms with van der Waals surface area (Å²) >= 11 is 0. The number of rotatable bonds is 2. The van der Waals surface area contributed by atoms with Gasteiger partial charge in [0.15, 0.2) is 17.4 Å². The molecule has 0 amide bonds. The first-order valence-electron chi connectivity index (χ1n) is 5.90. The van der Waals surface area contributed by atoms with Crippen LogP contribution in [0.15, 0.2) is 21.9 Å². The highest BCUT2D eigenvalue weighted by Crippen LogP contribution is 2.52. The minimum atomic E-state index is -1.50. The second-order valence-electron chi connectivity index (χ2n) is 4.79. The molecule has 1 aromatic heterocycles. The molecule has 1 aromatic rings. The van der Waals surface area contributed by atoms with Gasteiger partial charge < -0.3 is 19.7 Å². The molecule has 0 aromatic carbocycles. The molecule has 8 heteroatoms. The number of nitrogens with one attached hydrogen (secondary N) is 1. The van der Waals surface area contributed by atoms with Gasteiger partial charge in [0.25, 0.3) is 5.56 Å². The van der Waals surface area contributed by atoms with Gasteiger partial charge in [-0.2, -0.15) is 0 Å². The van der Waals surface area contributed by atoms with Gasteiger partial charge in [-0.15, -0.1) is 6.42 Å². The summed E-state index contributed by atoms with van der Waals surface area (Å²) in [6.07, 6.45) is 4.08. The number of aliphatic hydroxyl groups is 2. The van der Waals surface area contributed by atoms with E-state index in [1.165, 1.54) is 6.20 Å². The SMILES string of the molecule is C#C[C@@]12OC[C@]1(CO)O[C@@H](n1ccc(=O)[nH]c1=O)[C@@H]2O. The van der Waals surface area contributed by atoms with E-state index in [-0.39, 0.29) is 6.61 Å². The Morgan fingerprint density at radius 2 is 2.35 bits per heavy atom. The lowest BCUT2D eigenvalue weighted by molar-refractivity contribution is -0.280. The summed E-state index contributed by atoms with van der Waals surface area (Å²) in [5.74, 6) is 2.30. The molecule has 0 unspecified atom stereocenters. The fourth-order valence-electron chi connectivity index (χ4n) is 2.66. The van der Waals surface area contributed by atoms with Crippen LogP contribution < -0.4 is 11.2 Å². The standard InChI is InChI=1S/C12H12N2O6/c1-2-12-8(17)9(20-11(12,5-15)6-19-12)14-4-3-7(16)13-10(14)18/h1,3-4,8-9,15,17H,5-6H2,(H,13,16,18)/t8-,9+,11-,12-/m0/s1. The zero-order valence-electron chi connectivity index (χ0n) is 10.3. The van der Waals surface area contributed by atoms with Crippen molar-refractivity contribution in [3.05, 3.63) is 33.1 Å². The van der Waals surface area contributed by atoms with Gasteiger partial charge in [0.05, 0.1) is 13.2 Å². The second kappa shape index (κ2) is 4.04. The maximum Gasteiger partial charge on any atom is 0.330 e. The quantitative estimate of drug-likeness (QED) is 0.519. The van der Waals surface area contributed by atoms with E-state index in [1.807, 2.05) is 0 Å². The molecular formula is C12H12N2O6. The van der Waals surface area contributed by atoms with E-state index in [1.54, 1.807) is 0 Å². The van der Waals surface area contributed by atoms with Crippen LogP contribution in [0.5, 0.6) is 0 Å². The van der Waals surface area contributed by atoms with Crippen molar-refractivity contribution in [2.24, 2.45) is 0 Å². The van der Waals surface area contributed by atoms with E-state index >= 15 is 0 Å². The lowest BCUT2D eigenvalue weighted by atomic mass is 9.77. The fraction of sp³-hybridized carbons (Fsp3) is 0.500. The van der Waals surface area contributed by atoms with Crippen LogP contribution in [0, 0.1) is 12.3 Å². The number of aromatic nitrogens is 2. The average Bonchev–Trinajstić information content (AvgIpc) is 2.56. The van der Waals surface area contributed by atoms with Gasteiger partial charge in [-0.3, -0.25) is 14.3 Å². The molecule has 3 heterocycles. The Bertz CT molecular complexity index is 699. The summed E-state index contributed by atoms with van der Waals surface area (Å²) in [6, 6.07) is 1.12. The Labute approximate surface area is 112 Å². The summed E-state index contributed by atoms with van der Waals surface area (Å²) in [4.78, 5) is 24.9. The molecule has 2 saturated heterocycles. The Morgan fingerprint density at radius 3 is 2.80 bits per heavy atom. The van der Waals surface area contributed by atoms with Gasteiger partial charge in [0, 0.05) is 12.3 Å². The van der Waals surface area contributed by atoms with Gasteiger partial charge in [0.1, 0.15) is 6.10 Å². The van der Waals surface area contributed by atoms with E-state index in [0.29, 0.717) is 0 Å². The normalized spacial score (nSPS) is 38.9. The van der Waals surface area contributed by atoms with Crippen molar-refractivity contribution in [1.29, 1.82) is 0 Å². The van der Waals surface area contributed by atoms with E-state index in [4.69, 9.17) is 15.9 Å². The van der Waals surface area contributed by atoms with E-state index in [2.05, 4.69) is 10.9 Å². The molecule has 3 rings (SSSR count). The minimum Gasteiger partial charge on any atom is -0.393 e. The zero-order valence-corrected chi connectivity index (χ0v) is 10.3. The smallest absolute Gasteiger partial charge is 0.330 e. The molecule has 106 valence electrons. The third kappa shape index (κ3) is 1.35. The Morgan fingerprint density at radius 1 is 1.60 bits per heavy atom. The first kappa shape index (κ1) is 13.1. The molecule has 3 N–H and O–H groups in total. The highest BCUT2D eigenvalue weighted by molar-refractivity contribution is 5.32. The number of hydrogen-bond acceptors (Lipinski definition) is 6. The number of H-pyrrole nitrogens is 1.